The van der Waals surface area contributed by atoms with Crippen molar-refractivity contribution < 1.29 is 0 Å². The van der Waals surface area contributed by atoms with Crippen LogP contribution in [0.4, 0.5) is 0 Å². The molecule has 1 N–H and O–H groups in total. The largest absolute Gasteiger partial charge is 0.317 e. The van der Waals surface area contributed by atoms with Crippen molar-refractivity contribution in [3.05, 3.63) is 67.7 Å². The Bertz CT molecular complexity index is 553. The summed E-state index contributed by atoms with van der Waals surface area (Å²) in [6, 6.07) is 17.5. The van der Waals surface area contributed by atoms with Gasteiger partial charge in [-0.15, -0.1) is 0 Å². The monoisotopic (exact) mass is 457 g/mol. The van der Waals surface area contributed by atoms with Crippen LogP contribution in [0.2, 0.25) is 0 Å². The van der Waals surface area contributed by atoms with Crippen molar-refractivity contribution in [1.82, 2.24) is 5.32 Å². The van der Waals surface area contributed by atoms with E-state index in [2.05, 4.69) is 99.3 Å². The highest BCUT2D eigenvalue weighted by atomic mass is 127. The van der Waals surface area contributed by atoms with E-state index in [-0.39, 0.29) is 0 Å². The van der Waals surface area contributed by atoms with E-state index < -0.39 is 0 Å². The van der Waals surface area contributed by atoms with Crippen LogP contribution in [-0.4, -0.2) is 13.1 Å². The predicted octanol–water partition coefficient (Wildman–Crippen LogP) is 5.06. The lowest BCUT2D eigenvalue weighted by molar-refractivity contribution is 0.478. The number of hydrogen-bond acceptors (Lipinski definition) is 1. The molecular formula is C18H21BrIN. The van der Waals surface area contributed by atoms with Gasteiger partial charge in [-0.05, 0) is 89.8 Å². The van der Waals surface area contributed by atoms with E-state index in [1.54, 1.807) is 0 Å². The van der Waals surface area contributed by atoms with Gasteiger partial charge in [0.25, 0.3) is 0 Å². The highest BCUT2D eigenvalue weighted by Crippen LogP contribution is 2.18. The first-order valence-corrected chi connectivity index (χ1v) is 9.24. The average molecular weight is 458 g/mol. The molecule has 0 aromatic heterocycles. The molecule has 0 bridgehead atoms. The summed E-state index contributed by atoms with van der Waals surface area (Å²) in [5.41, 5.74) is 2.83. The smallest absolute Gasteiger partial charge is 0.0177 e. The first kappa shape index (κ1) is 17.0. The number of halogens is 2. The van der Waals surface area contributed by atoms with Gasteiger partial charge in [-0.3, -0.25) is 0 Å². The van der Waals surface area contributed by atoms with Crippen LogP contribution in [0.5, 0.6) is 0 Å². The molecule has 1 atom stereocenters. The summed E-state index contributed by atoms with van der Waals surface area (Å²) >= 11 is 5.92. The molecule has 1 nitrogen and oxygen atoms in total. The van der Waals surface area contributed by atoms with Gasteiger partial charge in [-0.25, -0.2) is 0 Å². The van der Waals surface area contributed by atoms with E-state index >= 15 is 0 Å². The SMILES string of the molecule is CCNCC(Cc1ccc(I)cc1)Cc1cccc(Br)c1. The zero-order valence-electron chi connectivity index (χ0n) is 12.3. The third-order valence-electron chi connectivity index (χ3n) is 3.53. The summed E-state index contributed by atoms with van der Waals surface area (Å²) < 4.78 is 2.46. The second kappa shape index (κ2) is 8.91. The number of nitrogens with one attached hydrogen (secondary N) is 1. The van der Waals surface area contributed by atoms with E-state index in [1.807, 2.05) is 0 Å². The molecule has 0 saturated heterocycles. The predicted molar refractivity (Wildman–Crippen MR) is 103 cm³/mol. The molecule has 0 heterocycles. The van der Waals surface area contributed by atoms with Gasteiger partial charge in [0.15, 0.2) is 0 Å². The number of rotatable bonds is 7. The second-order valence-electron chi connectivity index (χ2n) is 5.34. The minimum absolute atomic E-state index is 0.624. The van der Waals surface area contributed by atoms with Gasteiger partial charge in [0.1, 0.15) is 0 Å². The Balaban J connectivity index is 2.04. The van der Waals surface area contributed by atoms with E-state index in [0.717, 1.165) is 30.4 Å². The fourth-order valence-corrected chi connectivity index (χ4v) is 3.32. The van der Waals surface area contributed by atoms with E-state index in [0.29, 0.717) is 5.92 Å². The third kappa shape index (κ3) is 6.09. The van der Waals surface area contributed by atoms with Gasteiger partial charge in [0, 0.05) is 8.04 Å². The summed E-state index contributed by atoms with van der Waals surface area (Å²) in [7, 11) is 0. The summed E-state index contributed by atoms with van der Waals surface area (Å²) in [5, 5.41) is 3.50. The fraction of sp³-hybridized carbons (Fsp3) is 0.333. The molecule has 0 aliphatic rings. The molecule has 112 valence electrons. The van der Waals surface area contributed by atoms with Crippen LogP contribution in [0.25, 0.3) is 0 Å². The topological polar surface area (TPSA) is 12.0 Å². The van der Waals surface area contributed by atoms with Crippen LogP contribution in [-0.2, 0) is 12.8 Å². The maximum absolute atomic E-state index is 3.56. The van der Waals surface area contributed by atoms with Gasteiger partial charge < -0.3 is 5.32 Å². The highest BCUT2D eigenvalue weighted by Gasteiger charge is 2.11. The van der Waals surface area contributed by atoms with Crippen LogP contribution in [0, 0.1) is 9.49 Å². The molecule has 0 amide bonds. The van der Waals surface area contributed by atoms with E-state index in [9.17, 15) is 0 Å². The molecular weight excluding hydrogens is 437 g/mol. The number of hydrogen-bond donors (Lipinski definition) is 1. The molecule has 0 spiro atoms. The first-order chi connectivity index (χ1) is 10.2. The molecule has 0 fully saturated rings. The van der Waals surface area contributed by atoms with Crippen molar-refractivity contribution >= 4 is 38.5 Å². The van der Waals surface area contributed by atoms with E-state index in [1.165, 1.54) is 14.7 Å². The Morgan fingerprint density at radius 2 is 1.76 bits per heavy atom. The van der Waals surface area contributed by atoms with Gasteiger partial charge in [0.2, 0.25) is 0 Å². The normalized spacial score (nSPS) is 12.3. The van der Waals surface area contributed by atoms with Gasteiger partial charge in [0.05, 0.1) is 0 Å². The lowest BCUT2D eigenvalue weighted by Crippen LogP contribution is -2.25. The van der Waals surface area contributed by atoms with Crippen LogP contribution < -0.4 is 5.32 Å². The highest BCUT2D eigenvalue weighted by molar-refractivity contribution is 14.1. The maximum atomic E-state index is 3.56. The second-order valence-corrected chi connectivity index (χ2v) is 7.50. The Morgan fingerprint density at radius 1 is 1.05 bits per heavy atom. The van der Waals surface area contributed by atoms with Crippen molar-refractivity contribution in [2.24, 2.45) is 5.92 Å². The minimum Gasteiger partial charge on any atom is -0.317 e. The average Bonchev–Trinajstić information content (AvgIpc) is 2.47. The Morgan fingerprint density at radius 3 is 2.43 bits per heavy atom. The molecule has 2 aromatic rings. The van der Waals surface area contributed by atoms with Gasteiger partial charge in [-0.1, -0.05) is 47.1 Å². The van der Waals surface area contributed by atoms with E-state index in [4.69, 9.17) is 0 Å². The summed E-state index contributed by atoms with van der Waals surface area (Å²) in [6.07, 6.45) is 2.23. The Hall–Kier alpha value is -0.390. The lowest BCUT2D eigenvalue weighted by Gasteiger charge is -2.18. The molecule has 0 aliphatic heterocycles. The third-order valence-corrected chi connectivity index (χ3v) is 4.75. The first-order valence-electron chi connectivity index (χ1n) is 7.37. The molecule has 0 saturated carbocycles. The van der Waals surface area contributed by atoms with Gasteiger partial charge >= 0.3 is 0 Å². The van der Waals surface area contributed by atoms with Crippen LogP contribution in [0.15, 0.2) is 53.0 Å². The molecule has 0 radical (unpaired) electrons. The van der Waals surface area contributed by atoms with Crippen molar-refractivity contribution in [2.45, 2.75) is 19.8 Å². The van der Waals surface area contributed by atoms with Crippen molar-refractivity contribution in [1.29, 1.82) is 0 Å². The number of benzene rings is 2. The van der Waals surface area contributed by atoms with Gasteiger partial charge in [-0.2, -0.15) is 0 Å². The Kier molecular flexibility index (Phi) is 7.20. The lowest BCUT2D eigenvalue weighted by atomic mass is 9.92. The van der Waals surface area contributed by atoms with Crippen LogP contribution in [0.1, 0.15) is 18.1 Å². The fourth-order valence-electron chi connectivity index (χ4n) is 2.52. The van der Waals surface area contributed by atoms with Crippen LogP contribution in [0.3, 0.4) is 0 Å². The standard InChI is InChI=1S/C18H21BrIN/c1-2-21-13-16(10-14-6-8-18(20)9-7-14)11-15-4-3-5-17(19)12-15/h3-9,12,16,21H,2,10-11,13H2,1H3. The Labute approximate surface area is 149 Å². The van der Waals surface area contributed by atoms with Crippen molar-refractivity contribution in [3.63, 3.8) is 0 Å². The van der Waals surface area contributed by atoms with Crippen molar-refractivity contribution in [2.75, 3.05) is 13.1 Å². The molecule has 1 unspecified atom stereocenters. The zero-order chi connectivity index (χ0) is 15.1. The van der Waals surface area contributed by atoms with Crippen LogP contribution >= 0.6 is 38.5 Å². The zero-order valence-corrected chi connectivity index (χ0v) is 16.0. The summed E-state index contributed by atoms with van der Waals surface area (Å²) in [4.78, 5) is 0. The molecule has 0 aliphatic carbocycles. The molecule has 21 heavy (non-hydrogen) atoms. The summed E-state index contributed by atoms with van der Waals surface area (Å²) in [6.45, 7) is 4.26. The summed E-state index contributed by atoms with van der Waals surface area (Å²) in [5.74, 6) is 0.624. The maximum Gasteiger partial charge on any atom is 0.0177 e. The molecule has 3 heteroatoms. The minimum atomic E-state index is 0.624. The quantitative estimate of drug-likeness (QED) is 0.572. The van der Waals surface area contributed by atoms with Crippen molar-refractivity contribution in [3.8, 4) is 0 Å². The molecule has 2 rings (SSSR count). The molecule has 2 aromatic carbocycles.